The summed E-state index contributed by atoms with van der Waals surface area (Å²) in [6.07, 6.45) is 4.17. The molecular weight excluding hydrogens is 374 g/mol. The molecule has 1 aromatic rings. The van der Waals surface area contributed by atoms with Crippen molar-refractivity contribution in [2.45, 2.75) is 54.1 Å². The van der Waals surface area contributed by atoms with Gasteiger partial charge in [-0.3, -0.25) is 14.4 Å². The number of methoxy groups -OCH3 is 1. The number of hydrogen-bond acceptors (Lipinski definition) is 6. The minimum Gasteiger partial charge on any atom is -0.506 e. The van der Waals surface area contributed by atoms with Crippen LogP contribution in [-0.2, 0) is 15.1 Å². The summed E-state index contributed by atoms with van der Waals surface area (Å²) in [7, 11) is 1.39. The molecule has 0 saturated carbocycles. The molecule has 2 N–H and O–H groups in total. The van der Waals surface area contributed by atoms with Gasteiger partial charge in [-0.15, -0.1) is 0 Å². The fourth-order valence-corrected chi connectivity index (χ4v) is 3.44. The standard InChI is InChI=1S/C22H29NO6/c1-12(24)16-18(26)15(11-23(28)19(16)27)22(29-8)9-13(20(2,3)4)17(25)14(10-22)21(5,6)7/h9-11,26,28H,1-8H3. The fourth-order valence-electron chi connectivity index (χ4n) is 3.44. The number of carbonyl (C=O) groups excluding carboxylic acids is 2. The van der Waals surface area contributed by atoms with Crippen molar-refractivity contribution in [1.29, 1.82) is 0 Å². The van der Waals surface area contributed by atoms with Crippen LogP contribution in [0.2, 0.25) is 0 Å². The van der Waals surface area contributed by atoms with Gasteiger partial charge in [-0.25, -0.2) is 0 Å². The maximum atomic E-state index is 13.2. The van der Waals surface area contributed by atoms with E-state index in [0.717, 1.165) is 13.1 Å². The number of ether oxygens (including phenoxy) is 1. The first-order valence-electron chi connectivity index (χ1n) is 9.32. The highest BCUT2D eigenvalue weighted by atomic mass is 16.5. The number of ketones is 2. The van der Waals surface area contributed by atoms with Crippen LogP contribution in [0.4, 0.5) is 0 Å². The van der Waals surface area contributed by atoms with E-state index < -0.39 is 39.1 Å². The molecule has 1 heterocycles. The Labute approximate surface area is 170 Å². The Hall–Kier alpha value is -2.67. The highest BCUT2D eigenvalue weighted by Gasteiger charge is 2.44. The van der Waals surface area contributed by atoms with Crippen LogP contribution in [0.3, 0.4) is 0 Å². The monoisotopic (exact) mass is 403 g/mol. The average Bonchev–Trinajstić information content (AvgIpc) is 2.56. The highest BCUT2D eigenvalue weighted by Crippen LogP contribution is 2.46. The van der Waals surface area contributed by atoms with Gasteiger partial charge in [-0.05, 0) is 29.9 Å². The van der Waals surface area contributed by atoms with Gasteiger partial charge in [-0.2, -0.15) is 4.73 Å². The van der Waals surface area contributed by atoms with E-state index in [1.807, 2.05) is 41.5 Å². The normalized spacial score (nSPS) is 17.0. The number of carbonyl (C=O) groups is 2. The molecule has 0 fully saturated rings. The van der Waals surface area contributed by atoms with E-state index in [4.69, 9.17) is 4.74 Å². The van der Waals surface area contributed by atoms with Gasteiger partial charge < -0.3 is 15.1 Å². The lowest BCUT2D eigenvalue weighted by Crippen LogP contribution is -2.38. The third-order valence-electron chi connectivity index (χ3n) is 5.10. The maximum absolute atomic E-state index is 13.2. The summed E-state index contributed by atoms with van der Waals surface area (Å²) < 4.78 is 6.02. The van der Waals surface area contributed by atoms with Gasteiger partial charge in [0, 0.05) is 18.3 Å². The second-order valence-corrected chi connectivity index (χ2v) is 9.41. The molecule has 0 spiro atoms. The van der Waals surface area contributed by atoms with Gasteiger partial charge in [0.15, 0.2) is 11.6 Å². The van der Waals surface area contributed by atoms with E-state index in [0.29, 0.717) is 11.1 Å². The predicted molar refractivity (Wildman–Crippen MR) is 108 cm³/mol. The SMILES string of the molecule is COC1(c2cn(O)c(=O)c(C(C)=O)c2O)C=C(C(C)(C)C)C(=O)C(C(C)(C)C)=C1. The number of pyridine rings is 1. The molecule has 1 aliphatic carbocycles. The zero-order valence-corrected chi connectivity index (χ0v) is 18.2. The fraction of sp³-hybridized carbons (Fsp3) is 0.500. The number of Topliss-reactive ketones (excluding diaryl/α,β-unsaturated/α-hetero) is 2. The lowest BCUT2D eigenvalue weighted by molar-refractivity contribution is -0.114. The van der Waals surface area contributed by atoms with Crippen molar-refractivity contribution in [2.24, 2.45) is 10.8 Å². The van der Waals surface area contributed by atoms with Crippen molar-refractivity contribution < 1.29 is 24.6 Å². The van der Waals surface area contributed by atoms with E-state index in [1.54, 1.807) is 12.2 Å². The molecule has 0 amide bonds. The quantitative estimate of drug-likeness (QED) is 0.592. The molecule has 1 aliphatic rings. The summed E-state index contributed by atoms with van der Waals surface area (Å²) >= 11 is 0. The van der Waals surface area contributed by atoms with Crippen LogP contribution in [0.5, 0.6) is 5.75 Å². The van der Waals surface area contributed by atoms with Crippen molar-refractivity contribution in [3.05, 3.63) is 51.0 Å². The third kappa shape index (κ3) is 3.79. The van der Waals surface area contributed by atoms with E-state index in [1.165, 1.54) is 7.11 Å². The van der Waals surface area contributed by atoms with Gasteiger partial charge in [-0.1, -0.05) is 41.5 Å². The topological polar surface area (TPSA) is 106 Å². The summed E-state index contributed by atoms with van der Waals surface area (Å²) in [6, 6.07) is 0. The molecule has 0 unspecified atom stereocenters. The Balaban J connectivity index is 3.01. The summed E-state index contributed by atoms with van der Waals surface area (Å²) in [5.74, 6) is -1.42. The number of aromatic nitrogens is 1. The third-order valence-corrected chi connectivity index (χ3v) is 5.10. The van der Waals surface area contributed by atoms with E-state index in [9.17, 15) is 24.7 Å². The molecule has 2 rings (SSSR count). The zero-order chi connectivity index (χ0) is 22.5. The molecule has 0 aliphatic heterocycles. The van der Waals surface area contributed by atoms with Crippen LogP contribution >= 0.6 is 0 Å². The van der Waals surface area contributed by atoms with Gasteiger partial charge in [0.1, 0.15) is 16.9 Å². The Kier molecular flexibility index (Phi) is 5.45. The van der Waals surface area contributed by atoms with Crippen LogP contribution in [0.25, 0.3) is 0 Å². The summed E-state index contributed by atoms with van der Waals surface area (Å²) in [5, 5.41) is 20.9. The van der Waals surface area contributed by atoms with E-state index in [2.05, 4.69) is 0 Å². The molecule has 0 bridgehead atoms. The first-order chi connectivity index (χ1) is 13.1. The van der Waals surface area contributed by atoms with Crippen molar-refractivity contribution in [1.82, 2.24) is 4.73 Å². The number of aromatic hydroxyl groups is 1. The number of nitrogens with zero attached hydrogens (tertiary/aromatic N) is 1. The molecule has 0 radical (unpaired) electrons. The van der Waals surface area contributed by atoms with Crippen molar-refractivity contribution in [3.8, 4) is 5.75 Å². The van der Waals surface area contributed by atoms with Gasteiger partial charge in [0.25, 0.3) is 5.56 Å². The smallest absolute Gasteiger partial charge is 0.297 e. The Bertz CT molecular complexity index is 962. The predicted octanol–water partition coefficient (Wildman–Crippen LogP) is 3.36. The van der Waals surface area contributed by atoms with Gasteiger partial charge >= 0.3 is 0 Å². The van der Waals surface area contributed by atoms with Crippen molar-refractivity contribution >= 4 is 11.6 Å². The molecule has 0 atom stereocenters. The largest absolute Gasteiger partial charge is 0.506 e. The van der Waals surface area contributed by atoms with Crippen LogP contribution in [-0.4, -0.2) is 33.7 Å². The number of rotatable bonds is 3. The van der Waals surface area contributed by atoms with Crippen molar-refractivity contribution in [3.63, 3.8) is 0 Å². The Morgan fingerprint density at radius 3 is 1.83 bits per heavy atom. The Morgan fingerprint density at radius 1 is 1.03 bits per heavy atom. The summed E-state index contributed by atoms with van der Waals surface area (Å²) in [5.41, 5.74) is -3.21. The summed E-state index contributed by atoms with van der Waals surface area (Å²) in [4.78, 5) is 37.3. The Morgan fingerprint density at radius 2 is 1.48 bits per heavy atom. The maximum Gasteiger partial charge on any atom is 0.297 e. The molecule has 29 heavy (non-hydrogen) atoms. The first-order valence-corrected chi connectivity index (χ1v) is 9.32. The van der Waals surface area contributed by atoms with E-state index in [-0.39, 0.29) is 16.1 Å². The molecular formula is C22H29NO6. The van der Waals surface area contributed by atoms with Gasteiger partial charge in [0.2, 0.25) is 0 Å². The number of allylic oxidation sites excluding steroid dienone is 2. The molecule has 1 aromatic heterocycles. The molecule has 0 aromatic carbocycles. The van der Waals surface area contributed by atoms with E-state index >= 15 is 0 Å². The minimum absolute atomic E-state index is 0.0108. The molecule has 7 heteroatoms. The first kappa shape index (κ1) is 22.6. The minimum atomic E-state index is -1.47. The van der Waals surface area contributed by atoms with Crippen LogP contribution < -0.4 is 5.56 Å². The van der Waals surface area contributed by atoms with Crippen LogP contribution in [0.1, 0.15) is 64.4 Å². The zero-order valence-electron chi connectivity index (χ0n) is 18.2. The van der Waals surface area contributed by atoms with Crippen molar-refractivity contribution in [2.75, 3.05) is 7.11 Å². The second kappa shape index (κ2) is 6.99. The average molecular weight is 403 g/mol. The lowest BCUT2D eigenvalue weighted by atomic mass is 9.68. The summed E-state index contributed by atoms with van der Waals surface area (Å²) in [6.45, 7) is 12.4. The van der Waals surface area contributed by atoms with Gasteiger partial charge in [0.05, 0.1) is 11.8 Å². The number of hydrogen-bond donors (Lipinski definition) is 2. The lowest BCUT2D eigenvalue weighted by Gasteiger charge is -2.39. The van der Waals surface area contributed by atoms with Crippen LogP contribution in [0, 0.1) is 10.8 Å². The highest BCUT2D eigenvalue weighted by molar-refractivity contribution is 6.11. The molecule has 0 saturated heterocycles. The molecule has 158 valence electrons. The van der Waals surface area contributed by atoms with Crippen LogP contribution in [0.15, 0.2) is 34.3 Å². The second-order valence-electron chi connectivity index (χ2n) is 9.41. The molecule has 7 nitrogen and oxygen atoms in total.